The molecular formula is C12H17NO5. The van der Waals surface area contributed by atoms with Crippen molar-refractivity contribution < 1.29 is 25.2 Å². The van der Waals surface area contributed by atoms with Crippen LogP contribution in [0.4, 0.5) is 5.69 Å². The Kier molecular flexibility index (Phi) is 4.15. The highest BCUT2D eigenvalue weighted by atomic mass is 16.6. The lowest BCUT2D eigenvalue weighted by Crippen LogP contribution is -2.60. The van der Waals surface area contributed by atoms with Crippen molar-refractivity contribution in [2.24, 2.45) is 0 Å². The fourth-order valence-corrected chi connectivity index (χ4v) is 1.92. The lowest BCUT2D eigenvalue weighted by atomic mass is 9.98. The van der Waals surface area contributed by atoms with Crippen LogP contribution in [0.25, 0.3) is 0 Å². The molecule has 1 heterocycles. The molecule has 1 aliphatic rings. The van der Waals surface area contributed by atoms with Crippen LogP contribution >= 0.6 is 0 Å². The summed E-state index contributed by atoms with van der Waals surface area (Å²) in [7, 11) is 0. The van der Waals surface area contributed by atoms with Crippen LogP contribution in [-0.4, -0.2) is 57.7 Å². The van der Waals surface area contributed by atoms with E-state index in [0.717, 1.165) is 0 Å². The number of anilines is 1. The normalized spacial score (nSPS) is 36.3. The van der Waals surface area contributed by atoms with Gasteiger partial charge in [0.1, 0.15) is 24.4 Å². The summed E-state index contributed by atoms with van der Waals surface area (Å²) in [5, 5.41) is 41.0. The Balaban J connectivity index is 2.08. The van der Waals surface area contributed by atoms with Gasteiger partial charge in [-0.25, -0.2) is 0 Å². The Morgan fingerprint density at radius 2 is 1.67 bits per heavy atom. The van der Waals surface area contributed by atoms with Crippen LogP contribution in [0.5, 0.6) is 0 Å². The van der Waals surface area contributed by atoms with E-state index in [9.17, 15) is 15.3 Å². The molecule has 1 aromatic carbocycles. The quantitative estimate of drug-likeness (QED) is 0.470. The molecule has 0 amide bonds. The van der Waals surface area contributed by atoms with Crippen LogP contribution in [-0.2, 0) is 4.74 Å². The first-order valence-corrected chi connectivity index (χ1v) is 5.75. The second-order valence-electron chi connectivity index (χ2n) is 4.26. The molecule has 1 fully saturated rings. The lowest BCUT2D eigenvalue weighted by molar-refractivity contribution is -0.221. The van der Waals surface area contributed by atoms with E-state index in [1.165, 1.54) is 0 Å². The fourth-order valence-electron chi connectivity index (χ4n) is 1.92. The molecule has 1 aliphatic heterocycles. The van der Waals surface area contributed by atoms with Crippen LogP contribution in [0.15, 0.2) is 30.3 Å². The topological polar surface area (TPSA) is 102 Å². The molecule has 18 heavy (non-hydrogen) atoms. The summed E-state index contributed by atoms with van der Waals surface area (Å²) in [5.74, 6) is 0. The van der Waals surface area contributed by atoms with E-state index in [4.69, 9.17) is 9.84 Å². The van der Waals surface area contributed by atoms with E-state index in [0.29, 0.717) is 5.69 Å². The Hall–Kier alpha value is -1.18. The summed E-state index contributed by atoms with van der Waals surface area (Å²) in [5.41, 5.74) is 0.710. The number of ether oxygens (including phenoxy) is 1. The molecule has 6 nitrogen and oxygen atoms in total. The first-order chi connectivity index (χ1) is 8.63. The highest BCUT2D eigenvalue weighted by molar-refractivity contribution is 5.43. The standard InChI is InChI=1S/C12H17NO5/c14-6-8-9(15)10(16)11(17)12(18-8)13-7-4-2-1-3-5-7/h1-5,8-17H,6H2/t8-,9+,10+,11-,12-/m0/s1. The zero-order valence-corrected chi connectivity index (χ0v) is 9.68. The molecule has 2 rings (SSSR count). The Morgan fingerprint density at radius 1 is 1.00 bits per heavy atom. The zero-order valence-electron chi connectivity index (χ0n) is 9.68. The second kappa shape index (κ2) is 5.64. The Morgan fingerprint density at radius 3 is 2.28 bits per heavy atom. The van der Waals surface area contributed by atoms with Crippen molar-refractivity contribution in [1.29, 1.82) is 0 Å². The molecule has 100 valence electrons. The van der Waals surface area contributed by atoms with Crippen molar-refractivity contribution in [3.63, 3.8) is 0 Å². The maximum absolute atomic E-state index is 9.80. The summed E-state index contributed by atoms with van der Waals surface area (Å²) in [6.07, 6.45) is -5.76. The molecule has 6 heteroatoms. The van der Waals surface area contributed by atoms with E-state index < -0.39 is 37.3 Å². The van der Waals surface area contributed by atoms with Crippen molar-refractivity contribution in [2.45, 2.75) is 30.6 Å². The van der Waals surface area contributed by atoms with E-state index in [1.807, 2.05) is 18.2 Å². The average molecular weight is 255 g/mol. The SMILES string of the molecule is OC[C@@H]1O[C@H](Nc2ccccc2)[C@@H](O)[C@H](O)[C@@H]1O. The third-order valence-corrected chi connectivity index (χ3v) is 2.97. The second-order valence-corrected chi connectivity index (χ2v) is 4.26. The van der Waals surface area contributed by atoms with Gasteiger partial charge in [0, 0.05) is 5.69 Å². The predicted molar refractivity (Wildman–Crippen MR) is 63.8 cm³/mol. The van der Waals surface area contributed by atoms with Crippen LogP contribution in [0.1, 0.15) is 0 Å². The summed E-state index contributed by atoms with van der Waals surface area (Å²) >= 11 is 0. The van der Waals surface area contributed by atoms with Crippen LogP contribution in [0.2, 0.25) is 0 Å². The smallest absolute Gasteiger partial charge is 0.157 e. The molecule has 0 spiro atoms. The highest BCUT2D eigenvalue weighted by Crippen LogP contribution is 2.22. The minimum atomic E-state index is -1.36. The monoisotopic (exact) mass is 255 g/mol. The lowest BCUT2D eigenvalue weighted by Gasteiger charge is -2.40. The summed E-state index contributed by atoms with van der Waals surface area (Å²) in [6, 6.07) is 9.03. The number of aliphatic hydroxyl groups is 4. The summed E-state index contributed by atoms with van der Waals surface area (Å²) < 4.78 is 5.31. The third-order valence-electron chi connectivity index (χ3n) is 2.97. The molecule has 5 atom stereocenters. The Bertz CT molecular complexity index is 372. The molecule has 5 N–H and O–H groups in total. The zero-order chi connectivity index (χ0) is 13.1. The van der Waals surface area contributed by atoms with Crippen LogP contribution in [0, 0.1) is 0 Å². The number of rotatable bonds is 3. The van der Waals surface area contributed by atoms with Crippen molar-refractivity contribution in [2.75, 3.05) is 11.9 Å². The van der Waals surface area contributed by atoms with Gasteiger partial charge >= 0.3 is 0 Å². The fraction of sp³-hybridized carbons (Fsp3) is 0.500. The maximum Gasteiger partial charge on any atom is 0.157 e. The highest BCUT2D eigenvalue weighted by Gasteiger charge is 2.43. The molecule has 0 aromatic heterocycles. The molecule has 0 saturated carbocycles. The maximum atomic E-state index is 9.80. The first kappa shape index (κ1) is 13.3. The van der Waals surface area contributed by atoms with Crippen LogP contribution in [0.3, 0.4) is 0 Å². The van der Waals surface area contributed by atoms with Gasteiger partial charge in [-0.2, -0.15) is 0 Å². The molecular weight excluding hydrogens is 238 g/mol. The predicted octanol–water partition coefficient (Wildman–Crippen LogP) is -1.10. The van der Waals surface area contributed by atoms with E-state index in [-0.39, 0.29) is 0 Å². The average Bonchev–Trinajstić information content (AvgIpc) is 2.40. The largest absolute Gasteiger partial charge is 0.394 e. The molecule has 0 radical (unpaired) electrons. The van der Waals surface area contributed by atoms with E-state index >= 15 is 0 Å². The van der Waals surface area contributed by atoms with Gasteiger partial charge in [-0.1, -0.05) is 18.2 Å². The van der Waals surface area contributed by atoms with Gasteiger partial charge in [0.05, 0.1) is 6.61 Å². The molecule has 0 aliphatic carbocycles. The minimum absolute atomic E-state index is 0.433. The number of hydrogen-bond donors (Lipinski definition) is 5. The van der Waals surface area contributed by atoms with Gasteiger partial charge in [0.2, 0.25) is 0 Å². The number of aliphatic hydroxyl groups excluding tert-OH is 4. The Labute approximate surface area is 104 Å². The summed E-state index contributed by atoms with van der Waals surface area (Å²) in [6.45, 7) is -0.433. The van der Waals surface area contributed by atoms with Gasteiger partial charge in [0.25, 0.3) is 0 Å². The first-order valence-electron chi connectivity index (χ1n) is 5.75. The van der Waals surface area contributed by atoms with Crippen molar-refractivity contribution in [1.82, 2.24) is 0 Å². The van der Waals surface area contributed by atoms with Gasteiger partial charge in [-0.05, 0) is 12.1 Å². The van der Waals surface area contributed by atoms with Crippen molar-refractivity contribution >= 4 is 5.69 Å². The molecule has 0 bridgehead atoms. The van der Waals surface area contributed by atoms with Gasteiger partial charge in [0.15, 0.2) is 6.23 Å². The van der Waals surface area contributed by atoms with Crippen molar-refractivity contribution in [3.05, 3.63) is 30.3 Å². The van der Waals surface area contributed by atoms with Gasteiger partial charge in [-0.3, -0.25) is 0 Å². The van der Waals surface area contributed by atoms with E-state index in [2.05, 4.69) is 5.32 Å². The minimum Gasteiger partial charge on any atom is -0.394 e. The van der Waals surface area contributed by atoms with Gasteiger partial charge in [-0.15, -0.1) is 0 Å². The third kappa shape index (κ3) is 2.63. The number of benzene rings is 1. The number of para-hydroxylation sites is 1. The molecule has 1 saturated heterocycles. The van der Waals surface area contributed by atoms with E-state index in [1.54, 1.807) is 12.1 Å². The van der Waals surface area contributed by atoms with Crippen LogP contribution < -0.4 is 5.32 Å². The molecule has 0 unspecified atom stereocenters. The summed E-state index contributed by atoms with van der Waals surface area (Å²) in [4.78, 5) is 0. The number of hydrogen-bond acceptors (Lipinski definition) is 6. The number of nitrogens with one attached hydrogen (secondary N) is 1. The van der Waals surface area contributed by atoms with Gasteiger partial charge < -0.3 is 30.5 Å². The molecule has 1 aromatic rings. The van der Waals surface area contributed by atoms with Crippen molar-refractivity contribution in [3.8, 4) is 0 Å².